The molecule has 154 valence electrons. The van der Waals surface area contributed by atoms with Gasteiger partial charge in [-0.1, -0.05) is 11.6 Å². The van der Waals surface area contributed by atoms with Crippen molar-refractivity contribution in [3.8, 4) is 22.8 Å². The van der Waals surface area contributed by atoms with E-state index in [0.717, 1.165) is 37.2 Å². The number of aliphatic hydroxyl groups excluding tert-OH is 1. The number of rotatable bonds is 6. The van der Waals surface area contributed by atoms with Crippen LogP contribution in [0.25, 0.3) is 22.8 Å². The standard InChI is InChI=1S/C21H26FN5O2/c1-14-3-4-19(22)18(11-14)21-24-20(17-12-23-26(13-17)7-8-28)25-27(21)15(2)16-5-9-29-10-6-16/h3-4,11-13,15-16,28H,5-10H2,1-2H3. The molecular formula is C21H26FN5O2. The molecule has 0 spiro atoms. The number of hydrogen-bond donors (Lipinski definition) is 1. The van der Waals surface area contributed by atoms with Gasteiger partial charge >= 0.3 is 0 Å². The van der Waals surface area contributed by atoms with E-state index in [9.17, 15) is 4.39 Å². The van der Waals surface area contributed by atoms with Gasteiger partial charge in [-0.15, -0.1) is 0 Å². The first kappa shape index (κ1) is 19.7. The summed E-state index contributed by atoms with van der Waals surface area (Å²) in [7, 11) is 0. The number of nitrogens with zero attached hydrogens (tertiary/aromatic N) is 5. The highest BCUT2D eigenvalue weighted by atomic mass is 19.1. The Morgan fingerprint density at radius 2 is 2.10 bits per heavy atom. The Morgan fingerprint density at radius 3 is 2.86 bits per heavy atom. The maximum atomic E-state index is 14.7. The van der Waals surface area contributed by atoms with Crippen LogP contribution in [-0.2, 0) is 11.3 Å². The molecule has 29 heavy (non-hydrogen) atoms. The zero-order valence-electron chi connectivity index (χ0n) is 16.8. The Kier molecular flexibility index (Phi) is 5.73. The lowest BCUT2D eigenvalue weighted by atomic mass is 9.93. The van der Waals surface area contributed by atoms with Crippen molar-refractivity contribution in [2.24, 2.45) is 5.92 Å². The number of aromatic nitrogens is 5. The van der Waals surface area contributed by atoms with Gasteiger partial charge in [0.2, 0.25) is 0 Å². The van der Waals surface area contributed by atoms with Crippen molar-refractivity contribution in [3.05, 3.63) is 42.0 Å². The molecule has 7 nitrogen and oxygen atoms in total. The van der Waals surface area contributed by atoms with Crippen LogP contribution in [-0.4, -0.2) is 49.5 Å². The van der Waals surface area contributed by atoms with E-state index >= 15 is 0 Å². The van der Waals surface area contributed by atoms with Gasteiger partial charge in [0.25, 0.3) is 0 Å². The molecule has 0 saturated carbocycles. The van der Waals surface area contributed by atoms with Crippen LogP contribution in [0.1, 0.15) is 31.4 Å². The quantitative estimate of drug-likeness (QED) is 0.689. The van der Waals surface area contributed by atoms with Crippen molar-refractivity contribution in [2.75, 3.05) is 19.8 Å². The summed E-state index contributed by atoms with van der Waals surface area (Å²) in [6.45, 7) is 5.92. The number of aryl methyl sites for hydroxylation is 1. The third-order valence-corrected chi connectivity index (χ3v) is 5.55. The molecule has 1 fully saturated rings. The fourth-order valence-corrected chi connectivity index (χ4v) is 3.83. The predicted molar refractivity (Wildman–Crippen MR) is 107 cm³/mol. The monoisotopic (exact) mass is 399 g/mol. The smallest absolute Gasteiger partial charge is 0.184 e. The predicted octanol–water partition coefficient (Wildman–Crippen LogP) is 3.24. The van der Waals surface area contributed by atoms with Gasteiger partial charge < -0.3 is 9.84 Å². The zero-order valence-corrected chi connectivity index (χ0v) is 16.8. The molecule has 0 amide bonds. The average Bonchev–Trinajstić information content (AvgIpc) is 3.37. The molecule has 1 unspecified atom stereocenters. The molecule has 1 aliphatic rings. The summed E-state index contributed by atoms with van der Waals surface area (Å²) in [6.07, 6.45) is 5.36. The summed E-state index contributed by atoms with van der Waals surface area (Å²) < 4.78 is 23.7. The Hall–Kier alpha value is -2.58. The van der Waals surface area contributed by atoms with Crippen molar-refractivity contribution in [1.29, 1.82) is 0 Å². The molecular weight excluding hydrogens is 373 g/mol. The first-order valence-electron chi connectivity index (χ1n) is 10.0. The van der Waals surface area contributed by atoms with Gasteiger partial charge in [-0.25, -0.2) is 14.1 Å². The van der Waals surface area contributed by atoms with Gasteiger partial charge in [-0.05, 0) is 44.7 Å². The van der Waals surface area contributed by atoms with Gasteiger partial charge in [-0.2, -0.15) is 10.2 Å². The molecule has 0 radical (unpaired) electrons. The number of hydrogen-bond acceptors (Lipinski definition) is 5. The van der Waals surface area contributed by atoms with E-state index < -0.39 is 0 Å². The van der Waals surface area contributed by atoms with Crippen molar-refractivity contribution < 1.29 is 14.2 Å². The van der Waals surface area contributed by atoms with E-state index in [-0.39, 0.29) is 18.5 Å². The minimum atomic E-state index is -0.314. The largest absolute Gasteiger partial charge is 0.394 e. The fraction of sp³-hybridized carbons (Fsp3) is 0.476. The molecule has 1 aliphatic heterocycles. The van der Waals surface area contributed by atoms with Crippen LogP contribution in [0.5, 0.6) is 0 Å². The third kappa shape index (κ3) is 4.09. The van der Waals surface area contributed by atoms with Gasteiger partial charge in [0.1, 0.15) is 5.82 Å². The lowest BCUT2D eigenvalue weighted by Gasteiger charge is -2.28. The van der Waals surface area contributed by atoms with Crippen LogP contribution in [0.3, 0.4) is 0 Å². The van der Waals surface area contributed by atoms with E-state index in [4.69, 9.17) is 19.9 Å². The van der Waals surface area contributed by atoms with Crippen LogP contribution in [0.2, 0.25) is 0 Å². The number of benzene rings is 1. The minimum absolute atomic E-state index is 0.00350. The van der Waals surface area contributed by atoms with E-state index in [1.165, 1.54) is 6.07 Å². The molecule has 3 heterocycles. The van der Waals surface area contributed by atoms with Crippen molar-refractivity contribution in [1.82, 2.24) is 24.5 Å². The molecule has 8 heteroatoms. The third-order valence-electron chi connectivity index (χ3n) is 5.55. The Balaban J connectivity index is 1.78. The van der Waals surface area contributed by atoms with Crippen molar-refractivity contribution in [2.45, 2.75) is 39.3 Å². The summed E-state index contributed by atoms with van der Waals surface area (Å²) >= 11 is 0. The van der Waals surface area contributed by atoms with Gasteiger partial charge in [-0.3, -0.25) is 4.68 Å². The topological polar surface area (TPSA) is 78.0 Å². The second kappa shape index (κ2) is 8.42. The molecule has 0 aliphatic carbocycles. The lowest BCUT2D eigenvalue weighted by molar-refractivity contribution is 0.0498. The van der Waals surface area contributed by atoms with Crippen LogP contribution in [0.15, 0.2) is 30.6 Å². The second-order valence-corrected chi connectivity index (χ2v) is 7.59. The molecule has 0 bridgehead atoms. The van der Waals surface area contributed by atoms with E-state index in [2.05, 4.69) is 12.0 Å². The number of ether oxygens (including phenoxy) is 1. The average molecular weight is 399 g/mol. The summed E-state index contributed by atoms with van der Waals surface area (Å²) in [5.74, 6) is 1.10. The maximum Gasteiger partial charge on any atom is 0.184 e. The van der Waals surface area contributed by atoms with Gasteiger partial charge in [0.15, 0.2) is 11.6 Å². The summed E-state index contributed by atoms with van der Waals surface area (Å²) in [4.78, 5) is 4.71. The lowest BCUT2D eigenvalue weighted by Crippen LogP contribution is -2.25. The minimum Gasteiger partial charge on any atom is -0.394 e. The first-order chi connectivity index (χ1) is 14.1. The zero-order chi connectivity index (χ0) is 20.4. The molecule has 1 atom stereocenters. The van der Waals surface area contributed by atoms with Crippen LogP contribution >= 0.6 is 0 Å². The van der Waals surface area contributed by atoms with Crippen LogP contribution in [0, 0.1) is 18.7 Å². The Morgan fingerprint density at radius 1 is 1.31 bits per heavy atom. The van der Waals surface area contributed by atoms with Crippen LogP contribution < -0.4 is 0 Å². The van der Waals surface area contributed by atoms with Gasteiger partial charge in [0, 0.05) is 19.4 Å². The fourth-order valence-electron chi connectivity index (χ4n) is 3.83. The highest BCUT2D eigenvalue weighted by molar-refractivity contribution is 5.62. The normalized spacial score (nSPS) is 16.3. The first-order valence-corrected chi connectivity index (χ1v) is 10.0. The summed E-state index contributed by atoms with van der Waals surface area (Å²) in [5, 5.41) is 18.1. The van der Waals surface area contributed by atoms with E-state index in [0.29, 0.717) is 29.7 Å². The highest BCUT2D eigenvalue weighted by Gasteiger charge is 2.27. The number of halogens is 1. The summed E-state index contributed by atoms with van der Waals surface area (Å²) in [5.41, 5.74) is 2.16. The molecule has 4 rings (SSSR count). The maximum absolute atomic E-state index is 14.7. The molecule has 2 aromatic heterocycles. The number of aliphatic hydroxyl groups is 1. The van der Waals surface area contributed by atoms with Crippen molar-refractivity contribution in [3.63, 3.8) is 0 Å². The molecule has 1 saturated heterocycles. The second-order valence-electron chi connectivity index (χ2n) is 7.59. The molecule has 1 N–H and O–H groups in total. The molecule has 3 aromatic rings. The van der Waals surface area contributed by atoms with Crippen LogP contribution in [0.4, 0.5) is 4.39 Å². The van der Waals surface area contributed by atoms with Gasteiger partial charge in [0.05, 0.1) is 36.5 Å². The Labute approximate surface area is 169 Å². The summed E-state index contributed by atoms with van der Waals surface area (Å²) in [6, 6.07) is 5.09. The van der Waals surface area contributed by atoms with E-state index in [1.807, 2.05) is 17.7 Å². The highest BCUT2D eigenvalue weighted by Crippen LogP contribution is 2.33. The van der Waals surface area contributed by atoms with E-state index in [1.54, 1.807) is 23.1 Å². The SMILES string of the molecule is Cc1ccc(F)c(-c2nc(-c3cnn(CCO)c3)nn2C(C)C2CCOCC2)c1. The van der Waals surface area contributed by atoms with Crippen molar-refractivity contribution >= 4 is 0 Å². The Bertz CT molecular complexity index is 977. The molecule has 1 aromatic carbocycles.